The van der Waals surface area contributed by atoms with Crippen LogP contribution < -0.4 is 5.32 Å². The third-order valence-electron chi connectivity index (χ3n) is 6.26. The standard InChI is InChI=1S/C24H33N5O3/c1-32-17-11-25-21(30)18-27-13-15-28(16-14-27)24(31)22-20-10-6-3-7-12-29(20)23(26-22)19-8-4-2-5-9-19/h2,4-5,8-9H,3,6-7,10-18H2,1H3,(H,25,30). The van der Waals surface area contributed by atoms with E-state index in [1.54, 1.807) is 7.11 Å². The molecular weight excluding hydrogens is 406 g/mol. The highest BCUT2D eigenvalue weighted by atomic mass is 16.5. The highest BCUT2D eigenvalue weighted by Crippen LogP contribution is 2.28. The summed E-state index contributed by atoms with van der Waals surface area (Å²) in [7, 11) is 1.62. The van der Waals surface area contributed by atoms with Crippen LogP contribution in [0, 0.1) is 0 Å². The molecule has 4 rings (SSSR count). The SMILES string of the molecule is COCCNC(=O)CN1CCN(C(=O)c2nc(-c3ccccc3)n3c2CCCCC3)CC1. The van der Waals surface area contributed by atoms with Crippen LogP contribution in [0.3, 0.4) is 0 Å². The van der Waals surface area contributed by atoms with Gasteiger partial charge in [-0.2, -0.15) is 0 Å². The average Bonchev–Trinajstić information content (AvgIpc) is 3.00. The van der Waals surface area contributed by atoms with Gasteiger partial charge in [0.1, 0.15) is 11.5 Å². The molecule has 1 N–H and O–H groups in total. The van der Waals surface area contributed by atoms with Crippen LogP contribution in [-0.2, 0) is 22.5 Å². The van der Waals surface area contributed by atoms with E-state index in [4.69, 9.17) is 9.72 Å². The predicted octanol–water partition coefficient (Wildman–Crippen LogP) is 1.80. The van der Waals surface area contributed by atoms with Crippen molar-refractivity contribution in [1.82, 2.24) is 24.7 Å². The fraction of sp³-hybridized carbons (Fsp3) is 0.542. The second-order valence-electron chi connectivity index (χ2n) is 8.47. The Hall–Kier alpha value is -2.71. The van der Waals surface area contributed by atoms with E-state index in [2.05, 4.69) is 26.9 Å². The molecule has 0 bridgehead atoms. The predicted molar refractivity (Wildman–Crippen MR) is 122 cm³/mol. The van der Waals surface area contributed by atoms with Crippen molar-refractivity contribution >= 4 is 11.8 Å². The van der Waals surface area contributed by atoms with Crippen molar-refractivity contribution in [3.8, 4) is 11.4 Å². The van der Waals surface area contributed by atoms with Gasteiger partial charge in [0.15, 0.2) is 0 Å². The zero-order chi connectivity index (χ0) is 22.3. The van der Waals surface area contributed by atoms with E-state index in [0.29, 0.717) is 51.6 Å². The number of piperazine rings is 1. The van der Waals surface area contributed by atoms with Crippen LogP contribution in [0.1, 0.15) is 35.4 Å². The van der Waals surface area contributed by atoms with Gasteiger partial charge in [0.05, 0.1) is 18.8 Å². The van der Waals surface area contributed by atoms with Gasteiger partial charge in [-0.3, -0.25) is 14.5 Å². The Balaban J connectivity index is 1.44. The molecular formula is C24H33N5O3. The molecule has 1 saturated heterocycles. The number of fused-ring (bicyclic) bond motifs is 1. The molecule has 8 nitrogen and oxygen atoms in total. The molecule has 2 aliphatic rings. The maximum atomic E-state index is 13.5. The number of methoxy groups -OCH3 is 1. The molecule has 1 fully saturated rings. The fourth-order valence-electron chi connectivity index (χ4n) is 4.51. The minimum Gasteiger partial charge on any atom is -0.383 e. The molecule has 0 unspecified atom stereocenters. The molecule has 0 spiro atoms. The lowest BCUT2D eigenvalue weighted by atomic mass is 10.1. The van der Waals surface area contributed by atoms with Gasteiger partial charge >= 0.3 is 0 Å². The first-order valence-corrected chi connectivity index (χ1v) is 11.6. The van der Waals surface area contributed by atoms with E-state index < -0.39 is 0 Å². The summed E-state index contributed by atoms with van der Waals surface area (Å²) >= 11 is 0. The lowest BCUT2D eigenvalue weighted by Gasteiger charge is -2.34. The van der Waals surface area contributed by atoms with Crippen LogP contribution in [0.25, 0.3) is 11.4 Å². The Labute approximate surface area is 189 Å². The number of nitrogens with zero attached hydrogens (tertiary/aromatic N) is 4. The van der Waals surface area contributed by atoms with Crippen molar-refractivity contribution in [3.63, 3.8) is 0 Å². The second-order valence-corrected chi connectivity index (χ2v) is 8.47. The van der Waals surface area contributed by atoms with E-state index in [-0.39, 0.29) is 11.8 Å². The number of nitrogens with one attached hydrogen (secondary N) is 1. The molecule has 2 aliphatic heterocycles. The summed E-state index contributed by atoms with van der Waals surface area (Å²) in [4.78, 5) is 34.4. The fourth-order valence-corrected chi connectivity index (χ4v) is 4.51. The summed E-state index contributed by atoms with van der Waals surface area (Å²) in [5, 5.41) is 2.85. The lowest BCUT2D eigenvalue weighted by Crippen LogP contribution is -2.51. The second kappa shape index (κ2) is 10.7. The van der Waals surface area contributed by atoms with Gasteiger partial charge in [0.2, 0.25) is 5.91 Å². The number of imidazole rings is 1. The van der Waals surface area contributed by atoms with Gasteiger partial charge in [-0.15, -0.1) is 0 Å². The quantitative estimate of drug-likeness (QED) is 0.666. The van der Waals surface area contributed by atoms with Crippen LogP contribution in [0.15, 0.2) is 30.3 Å². The van der Waals surface area contributed by atoms with Crippen molar-refractivity contribution in [2.24, 2.45) is 0 Å². The third kappa shape index (κ3) is 5.19. The third-order valence-corrected chi connectivity index (χ3v) is 6.26. The number of benzene rings is 1. The van der Waals surface area contributed by atoms with Crippen molar-refractivity contribution in [1.29, 1.82) is 0 Å². The van der Waals surface area contributed by atoms with E-state index in [0.717, 1.165) is 42.9 Å². The van der Waals surface area contributed by atoms with Crippen LogP contribution in [0.2, 0.25) is 0 Å². The van der Waals surface area contributed by atoms with Crippen LogP contribution >= 0.6 is 0 Å². The average molecular weight is 440 g/mol. The molecule has 32 heavy (non-hydrogen) atoms. The first-order valence-electron chi connectivity index (χ1n) is 11.6. The highest BCUT2D eigenvalue weighted by Gasteiger charge is 2.29. The molecule has 0 atom stereocenters. The van der Waals surface area contributed by atoms with Gasteiger partial charge in [0.25, 0.3) is 5.91 Å². The Bertz CT molecular complexity index is 919. The molecule has 1 aromatic heterocycles. The lowest BCUT2D eigenvalue weighted by molar-refractivity contribution is -0.122. The number of amides is 2. The molecule has 172 valence electrons. The Morgan fingerprint density at radius 1 is 1.03 bits per heavy atom. The van der Waals surface area contributed by atoms with Gasteiger partial charge in [-0.05, 0) is 19.3 Å². The molecule has 1 aromatic carbocycles. The van der Waals surface area contributed by atoms with E-state index >= 15 is 0 Å². The number of hydrogen-bond donors (Lipinski definition) is 1. The topological polar surface area (TPSA) is 79.7 Å². The van der Waals surface area contributed by atoms with Gasteiger partial charge < -0.3 is 19.5 Å². The molecule has 0 saturated carbocycles. The minimum atomic E-state index is -0.00579. The van der Waals surface area contributed by atoms with Crippen molar-refractivity contribution < 1.29 is 14.3 Å². The number of carbonyl (C=O) groups excluding carboxylic acids is 2. The molecule has 8 heteroatoms. The summed E-state index contributed by atoms with van der Waals surface area (Å²) in [6.45, 7) is 4.87. The first-order chi connectivity index (χ1) is 15.7. The van der Waals surface area contributed by atoms with E-state index in [1.807, 2.05) is 23.1 Å². The molecule has 2 amide bonds. The number of carbonyl (C=O) groups is 2. The Morgan fingerprint density at radius 3 is 2.56 bits per heavy atom. The van der Waals surface area contributed by atoms with Gasteiger partial charge in [-0.1, -0.05) is 36.8 Å². The van der Waals surface area contributed by atoms with Crippen LogP contribution in [0.5, 0.6) is 0 Å². The van der Waals surface area contributed by atoms with Gasteiger partial charge in [-0.25, -0.2) is 4.98 Å². The highest BCUT2D eigenvalue weighted by molar-refractivity contribution is 5.94. The van der Waals surface area contributed by atoms with E-state index in [1.165, 1.54) is 6.42 Å². The van der Waals surface area contributed by atoms with Crippen LogP contribution in [-0.4, -0.2) is 84.2 Å². The number of rotatable bonds is 7. The summed E-state index contributed by atoms with van der Waals surface area (Å²) in [6.07, 6.45) is 4.27. The van der Waals surface area contributed by atoms with Crippen molar-refractivity contribution in [2.45, 2.75) is 32.2 Å². The molecule has 3 heterocycles. The number of ether oxygens (including phenoxy) is 1. The normalized spacial score (nSPS) is 17.0. The summed E-state index contributed by atoms with van der Waals surface area (Å²) < 4.78 is 7.22. The Kier molecular flexibility index (Phi) is 7.55. The smallest absolute Gasteiger partial charge is 0.274 e. The largest absolute Gasteiger partial charge is 0.383 e. The zero-order valence-corrected chi connectivity index (χ0v) is 18.9. The first kappa shape index (κ1) is 22.5. The molecule has 0 radical (unpaired) electrons. The zero-order valence-electron chi connectivity index (χ0n) is 18.9. The molecule has 2 aromatic rings. The summed E-state index contributed by atoms with van der Waals surface area (Å²) in [6, 6.07) is 10.1. The van der Waals surface area contributed by atoms with Crippen molar-refractivity contribution in [2.75, 3.05) is 53.0 Å². The van der Waals surface area contributed by atoms with Crippen molar-refractivity contribution in [3.05, 3.63) is 41.7 Å². The number of aromatic nitrogens is 2. The van der Waals surface area contributed by atoms with Crippen LogP contribution in [0.4, 0.5) is 0 Å². The minimum absolute atomic E-state index is 0.00579. The maximum Gasteiger partial charge on any atom is 0.274 e. The Morgan fingerprint density at radius 2 is 1.81 bits per heavy atom. The van der Waals surface area contributed by atoms with E-state index in [9.17, 15) is 9.59 Å². The monoisotopic (exact) mass is 439 g/mol. The number of hydrogen-bond acceptors (Lipinski definition) is 5. The summed E-state index contributed by atoms with van der Waals surface area (Å²) in [5.41, 5.74) is 2.74. The molecule has 0 aliphatic carbocycles. The maximum absolute atomic E-state index is 13.5. The van der Waals surface area contributed by atoms with Gasteiger partial charge in [0, 0.05) is 51.9 Å². The summed E-state index contributed by atoms with van der Waals surface area (Å²) in [5.74, 6) is 0.910.